The molecule has 10 heavy (non-hydrogen) atoms. The van der Waals surface area contributed by atoms with Crippen molar-refractivity contribution in [3.8, 4) is 0 Å². The molecule has 0 amide bonds. The maximum atomic E-state index is 10.6. The number of H-pyrrole nitrogens is 2. The molecule has 6 heteroatoms. The second-order valence-corrected chi connectivity index (χ2v) is 2.44. The van der Waals surface area contributed by atoms with Gasteiger partial charge in [-0.3, -0.25) is 9.89 Å². The number of aromatic amines is 2. The van der Waals surface area contributed by atoms with E-state index >= 15 is 0 Å². The lowest BCUT2D eigenvalue weighted by molar-refractivity contribution is 0.624. The topological polar surface area (TPSA) is 82.8 Å². The van der Waals surface area contributed by atoms with E-state index in [9.17, 15) is 13.2 Å². The lowest BCUT2D eigenvalue weighted by Gasteiger charge is -1.78. The van der Waals surface area contributed by atoms with Crippen molar-refractivity contribution in [1.29, 1.82) is 0 Å². The summed E-state index contributed by atoms with van der Waals surface area (Å²) in [4.78, 5) is 10.6. The van der Waals surface area contributed by atoms with Gasteiger partial charge in [0.05, 0.1) is 0 Å². The molecule has 1 heterocycles. The van der Waals surface area contributed by atoms with E-state index < -0.39 is 15.9 Å². The number of aromatic nitrogens is 2. The van der Waals surface area contributed by atoms with Crippen LogP contribution < -0.4 is 5.56 Å². The third kappa shape index (κ3) is 1.16. The monoisotopic (exact) mass is 160 g/mol. The minimum Gasteiger partial charge on any atom is -0.306 e. The van der Waals surface area contributed by atoms with E-state index in [1.807, 2.05) is 0 Å². The third-order valence-corrected chi connectivity index (χ3v) is 1.59. The molecule has 1 aromatic heterocycles. The van der Waals surface area contributed by atoms with Crippen LogP contribution in [0, 0.1) is 4.51 Å². The van der Waals surface area contributed by atoms with Crippen molar-refractivity contribution >= 4 is 10.3 Å². The summed E-state index contributed by atoms with van der Waals surface area (Å²) in [5.41, 5.74) is -0.643. The Morgan fingerprint density at radius 1 is 1.40 bits per heavy atom. The van der Waals surface area contributed by atoms with E-state index in [4.69, 9.17) is 0 Å². The van der Waals surface area contributed by atoms with Crippen LogP contribution in [0.5, 0.6) is 0 Å². The minimum absolute atomic E-state index is 0.265. The zero-order valence-electron chi connectivity index (χ0n) is 4.79. The molecule has 0 aliphatic heterocycles. The number of hydrogen-bond donors (Lipinski definition) is 2. The summed E-state index contributed by atoms with van der Waals surface area (Å²) < 4.78 is 20.1. The highest BCUT2D eigenvalue weighted by atomic mass is 32.2. The van der Waals surface area contributed by atoms with E-state index in [0.29, 0.717) is 0 Å². The fourth-order valence-corrected chi connectivity index (χ4v) is 0.875. The average Bonchev–Trinajstić information content (AvgIpc) is 1.88. The van der Waals surface area contributed by atoms with Crippen molar-refractivity contribution in [3.05, 3.63) is 27.1 Å². The largest absolute Gasteiger partial charge is 0.306 e. The summed E-state index contributed by atoms with van der Waals surface area (Å²) in [6, 6.07) is 1.18. The lowest BCUT2D eigenvalue weighted by atomic mass is 10.6. The van der Waals surface area contributed by atoms with Crippen molar-refractivity contribution in [3.63, 3.8) is 0 Å². The highest BCUT2D eigenvalue weighted by molar-refractivity contribution is 7.63. The molecular weight excluding hydrogens is 156 g/mol. The molecule has 0 saturated carbocycles. The Balaban J connectivity index is 3.97. The molecule has 0 saturated heterocycles. The van der Waals surface area contributed by atoms with Crippen molar-refractivity contribution in [2.45, 2.75) is 0 Å². The van der Waals surface area contributed by atoms with Gasteiger partial charge in [-0.05, 0) is 6.07 Å². The highest BCUT2D eigenvalue weighted by Gasteiger charge is 1.86. The molecule has 1 rings (SSSR count). The number of rotatable bonds is 0. The Morgan fingerprint density at radius 3 is 2.50 bits per heavy atom. The Labute approximate surface area is 56.9 Å². The molecule has 0 aromatic carbocycles. The van der Waals surface area contributed by atoms with Crippen LogP contribution in [0.25, 0.3) is 0 Å². The average molecular weight is 160 g/mol. The van der Waals surface area contributed by atoms with Gasteiger partial charge in [0.15, 0.2) is 4.51 Å². The van der Waals surface area contributed by atoms with Gasteiger partial charge in [-0.15, -0.1) is 0 Å². The molecular formula is C4H4N2O3S. The van der Waals surface area contributed by atoms with Gasteiger partial charge in [0.1, 0.15) is 0 Å². The van der Waals surface area contributed by atoms with E-state index in [1.165, 1.54) is 12.3 Å². The molecule has 0 bridgehead atoms. The Morgan fingerprint density at radius 2 is 2.10 bits per heavy atom. The van der Waals surface area contributed by atoms with Gasteiger partial charge in [0, 0.05) is 6.20 Å². The molecule has 54 valence electrons. The number of hydrogen-bond acceptors (Lipinski definition) is 3. The first-order valence-corrected chi connectivity index (χ1v) is 3.48. The van der Waals surface area contributed by atoms with Crippen molar-refractivity contribution in [2.75, 3.05) is 0 Å². The summed E-state index contributed by atoms with van der Waals surface area (Å²) in [5, 5.41) is 4.45. The van der Waals surface area contributed by atoms with E-state index in [0.717, 1.165) is 0 Å². The quantitative estimate of drug-likeness (QED) is 0.483. The van der Waals surface area contributed by atoms with Crippen LogP contribution in [0.15, 0.2) is 17.1 Å². The molecule has 2 N–H and O–H groups in total. The molecule has 0 aliphatic rings. The standard InChI is InChI=1S/C4H4N2O3S/c7-4-3(10(8)9)1-2-5-6-4/h1-2,5H,(H,6,7). The predicted octanol–water partition coefficient (Wildman–Crippen LogP) is -0.886. The van der Waals surface area contributed by atoms with Gasteiger partial charge in [-0.1, -0.05) is 0 Å². The first kappa shape index (κ1) is 6.81. The smallest absolute Gasteiger partial charge is 0.285 e. The van der Waals surface area contributed by atoms with Gasteiger partial charge in [-0.25, -0.2) is 0 Å². The highest BCUT2D eigenvalue weighted by Crippen LogP contribution is 1.69. The van der Waals surface area contributed by atoms with Crippen LogP contribution >= 0.6 is 0 Å². The van der Waals surface area contributed by atoms with Crippen LogP contribution in [0.4, 0.5) is 0 Å². The molecule has 1 aromatic rings. The summed E-state index contributed by atoms with van der Waals surface area (Å²) in [6.07, 6.45) is 1.33. The lowest BCUT2D eigenvalue weighted by Crippen LogP contribution is -2.07. The SMILES string of the molecule is O=c1[nH][nH]ccc1=S(=O)=O. The normalized spacial score (nSPS) is 9.20. The zero-order valence-corrected chi connectivity index (χ0v) is 5.60. The zero-order chi connectivity index (χ0) is 7.56. The van der Waals surface area contributed by atoms with Crippen LogP contribution in [-0.4, -0.2) is 18.6 Å². The van der Waals surface area contributed by atoms with Crippen LogP contribution in [-0.2, 0) is 10.3 Å². The summed E-state index contributed by atoms with van der Waals surface area (Å²) in [5.74, 6) is 0. The van der Waals surface area contributed by atoms with Gasteiger partial charge < -0.3 is 5.10 Å². The molecule has 0 unspecified atom stereocenters. The maximum absolute atomic E-state index is 10.6. The van der Waals surface area contributed by atoms with E-state index in [2.05, 4.69) is 10.2 Å². The summed E-state index contributed by atoms with van der Waals surface area (Å²) in [6.45, 7) is 0. The fraction of sp³-hybridized carbons (Fsp3) is 0. The Bertz CT molecular complexity index is 430. The first-order valence-electron chi connectivity index (χ1n) is 2.40. The minimum atomic E-state index is -2.45. The summed E-state index contributed by atoms with van der Waals surface area (Å²) >= 11 is 0. The maximum Gasteiger partial charge on any atom is 0.285 e. The molecule has 0 fully saturated rings. The van der Waals surface area contributed by atoms with Gasteiger partial charge in [0.2, 0.25) is 10.3 Å². The van der Waals surface area contributed by atoms with Crippen molar-refractivity contribution < 1.29 is 8.42 Å². The molecule has 0 spiro atoms. The van der Waals surface area contributed by atoms with Crippen molar-refractivity contribution in [1.82, 2.24) is 10.2 Å². The molecule has 0 radical (unpaired) electrons. The molecule has 0 atom stereocenters. The predicted molar refractivity (Wildman–Crippen MR) is 33.6 cm³/mol. The third-order valence-electron chi connectivity index (χ3n) is 0.907. The number of nitrogens with one attached hydrogen (secondary N) is 2. The molecule has 0 aliphatic carbocycles. The van der Waals surface area contributed by atoms with E-state index in [1.54, 1.807) is 0 Å². The molecule has 5 nitrogen and oxygen atoms in total. The van der Waals surface area contributed by atoms with Gasteiger partial charge in [-0.2, -0.15) is 8.42 Å². The van der Waals surface area contributed by atoms with Gasteiger partial charge >= 0.3 is 0 Å². The second kappa shape index (κ2) is 2.53. The van der Waals surface area contributed by atoms with Crippen molar-refractivity contribution in [2.24, 2.45) is 0 Å². The second-order valence-electron chi connectivity index (χ2n) is 1.53. The van der Waals surface area contributed by atoms with Crippen LogP contribution in [0.1, 0.15) is 0 Å². The fourth-order valence-electron chi connectivity index (χ4n) is 0.493. The van der Waals surface area contributed by atoms with Crippen LogP contribution in [0.2, 0.25) is 0 Å². The Hall–Kier alpha value is -1.30. The van der Waals surface area contributed by atoms with Crippen LogP contribution in [0.3, 0.4) is 0 Å². The first-order chi connectivity index (χ1) is 4.72. The Kier molecular flexibility index (Phi) is 1.72. The summed E-state index contributed by atoms with van der Waals surface area (Å²) in [7, 11) is -2.45. The van der Waals surface area contributed by atoms with E-state index in [-0.39, 0.29) is 4.51 Å². The van der Waals surface area contributed by atoms with Gasteiger partial charge in [0.25, 0.3) is 5.56 Å².